The molecule has 2 aromatic rings. The molecule has 2 aliphatic carbocycles. The van der Waals surface area contributed by atoms with Crippen LogP contribution in [0.1, 0.15) is 50.7 Å². The van der Waals surface area contributed by atoms with E-state index < -0.39 is 6.10 Å². The van der Waals surface area contributed by atoms with E-state index in [0.29, 0.717) is 13.0 Å². The summed E-state index contributed by atoms with van der Waals surface area (Å²) in [7, 11) is 0. The number of Topliss-reactive ketones (excluding diaryl/α,β-unsaturated/α-hetero) is 1. The minimum absolute atomic E-state index is 0.101. The number of allylic oxidation sites excluding steroid dienone is 2. The molecular weight excluding hydrogens is 360 g/mol. The van der Waals surface area contributed by atoms with Crippen LogP contribution < -0.4 is 4.74 Å². The molecule has 3 nitrogen and oxygen atoms in total. The molecule has 1 saturated carbocycles. The van der Waals surface area contributed by atoms with Crippen LogP contribution in [0.2, 0.25) is 0 Å². The van der Waals surface area contributed by atoms with Crippen molar-refractivity contribution < 1.29 is 14.6 Å². The second kappa shape index (κ2) is 8.00. The average Bonchev–Trinajstić information content (AvgIpc) is 2.73. The Bertz CT molecular complexity index is 970. The molecule has 0 heterocycles. The first-order valence-corrected chi connectivity index (χ1v) is 10.4. The van der Waals surface area contributed by atoms with E-state index in [0.717, 1.165) is 52.9 Å². The molecule has 2 aliphatic rings. The van der Waals surface area contributed by atoms with Gasteiger partial charge < -0.3 is 9.84 Å². The summed E-state index contributed by atoms with van der Waals surface area (Å²) in [4.78, 5) is 13.1. The molecule has 4 rings (SSSR count). The Kier molecular flexibility index (Phi) is 5.42. The zero-order chi connectivity index (χ0) is 20.4. The topological polar surface area (TPSA) is 46.5 Å². The predicted octanol–water partition coefficient (Wildman–Crippen LogP) is 5.49. The van der Waals surface area contributed by atoms with Crippen molar-refractivity contribution in [1.82, 2.24) is 0 Å². The van der Waals surface area contributed by atoms with E-state index in [9.17, 15) is 9.90 Å². The summed E-state index contributed by atoms with van der Waals surface area (Å²) >= 11 is 0. The van der Waals surface area contributed by atoms with Gasteiger partial charge in [-0.1, -0.05) is 61.0 Å². The second-order valence-electron chi connectivity index (χ2n) is 8.42. The maximum absolute atomic E-state index is 13.1. The zero-order valence-electron chi connectivity index (χ0n) is 17.2. The van der Waals surface area contributed by atoms with E-state index in [1.165, 1.54) is 0 Å². The largest absolute Gasteiger partial charge is 0.488 e. The van der Waals surface area contributed by atoms with Gasteiger partial charge in [0.2, 0.25) is 0 Å². The van der Waals surface area contributed by atoms with Gasteiger partial charge in [0.1, 0.15) is 12.4 Å². The lowest BCUT2D eigenvalue weighted by molar-refractivity contribution is -0.113. The summed E-state index contributed by atoms with van der Waals surface area (Å²) in [6.45, 7) is 4.50. The number of aliphatic hydroxyl groups excluding tert-OH is 1. The highest BCUT2D eigenvalue weighted by atomic mass is 16.5. The van der Waals surface area contributed by atoms with E-state index in [4.69, 9.17) is 4.74 Å². The van der Waals surface area contributed by atoms with Crippen molar-refractivity contribution in [1.29, 1.82) is 0 Å². The van der Waals surface area contributed by atoms with Gasteiger partial charge in [0, 0.05) is 16.6 Å². The molecule has 3 heteroatoms. The highest BCUT2D eigenvalue weighted by molar-refractivity contribution is 6.12. The molecular formula is C26H28O3. The van der Waals surface area contributed by atoms with Crippen LogP contribution in [0.4, 0.5) is 0 Å². The van der Waals surface area contributed by atoms with Crippen molar-refractivity contribution in [3.05, 3.63) is 82.4 Å². The fraction of sp³-hybridized carbons (Fsp3) is 0.346. The first kappa shape index (κ1) is 19.7. The van der Waals surface area contributed by atoms with Gasteiger partial charge in [-0.3, -0.25) is 4.79 Å². The Balaban J connectivity index is 1.64. The lowest BCUT2D eigenvalue weighted by Gasteiger charge is -2.45. The van der Waals surface area contributed by atoms with Crippen LogP contribution in [0.15, 0.2) is 71.3 Å². The Labute approximate surface area is 172 Å². The van der Waals surface area contributed by atoms with Crippen molar-refractivity contribution in [2.45, 2.75) is 52.2 Å². The maximum Gasteiger partial charge on any atom is 0.184 e. The predicted molar refractivity (Wildman–Crippen MR) is 115 cm³/mol. The van der Waals surface area contributed by atoms with Crippen LogP contribution in [0.25, 0.3) is 6.08 Å². The Morgan fingerprint density at radius 1 is 1.14 bits per heavy atom. The van der Waals surface area contributed by atoms with E-state index in [2.05, 4.69) is 6.92 Å². The Hall–Kier alpha value is -2.65. The number of ketones is 1. The van der Waals surface area contributed by atoms with Crippen molar-refractivity contribution >= 4 is 11.9 Å². The summed E-state index contributed by atoms with van der Waals surface area (Å²) in [5.41, 5.74) is 4.37. The number of fused-ring (bicyclic) bond motifs is 1. The molecule has 2 atom stereocenters. The fourth-order valence-electron chi connectivity index (χ4n) is 4.74. The Morgan fingerprint density at radius 2 is 1.86 bits per heavy atom. The third-order valence-electron chi connectivity index (χ3n) is 6.46. The smallest absolute Gasteiger partial charge is 0.184 e. The minimum Gasteiger partial charge on any atom is -0.488 e. The highest BCUT2D eigenvalue weighted by Gasteiger charge is 2.45. The number of ether oxygens (including phenoxy) is 1. The molecule has 0 saturated heterocycles. The van der Waals surface area contributed by atoms with Crippen LogP contribution in [0, 0.1) is 5.41 Å². The van der Waals surface area contributed by atoms with Crippen LogP contribution in [0.3, 0.4) is 0 Å². The number of aliphatic hydroxyl groups is 1. The number of hydrogen-bond acceptors (Lipinski definition) is 3. The van der Waals surface area contributed by atoms with Crippen LogP contribution in [-0.4, -0.2) is 17.0 Å². The summed E-state index contributed by atoms with van der Waals surface area (Å²) in [6, 6.07) is 17.9. The lowest BCUT2D eigenvalue weighted by Crippen LogP contribution is -2.42. The SMILES string of the molecule is CC1=C2CCC[C@H](O)[C@@]2(C)CC(=Cc2ccccc2OCc2ccccc2)C1=O. The fourth-order valence-corrected chi connectivity index (χ4v) is 4.74. The van der Waals surface area contributed by atoms with Gasteiger partial charge in [0.15, 0.2) is 5.78 Å². The number of hydrogen-bond donors (Lipinski definition) is 1. The van der Waals surface area contributed by atoms with Crippen molar-refractivity contribution in [2.75, 3.05) is 0 Å². The van der Waals surface area contributed by atoms with Crippen molar-refractivity contribution in [3.8, 4) is 5.75 Å². The molecule has 150 valence electrons. The van der Waals surface area contributed by atoms with Crippen molar-refractivity contribution in [2.24, 2.45) is 5.41 Å². The molecule has 0 amide bonds. The Morgan fingerprint density at radius 3 is 2.66 bits per heavy atom. The first-order chi connectivity index (χ1) is 14.0. The standard InChI is InChI=1S/C26H28O3/c1-18-22-12-8-14-24(27)26(22,2)16-21(25(18)28)15-20-11-6-7-13-23(20)29-17-19-9-4-3-5-10-19/h3-7,9-11,13,15,24,27H,8,12,14,16-17H2,1-2H3/t24-,26-/m0/s1. The van der Waals surface area contributed by atoms with Crippen molar-refractivity contribution in [3.63, 3.8) is 0 Å². The van der Waals surface area contributed by atoms with Gasteiger partial charge in [0.05, 0.1) is 6.10 Å². The van der Waals surface area contributed by atoms with Crippen LogP contribution in [-0.2, 0) is 11.4 Å². The number of para-hydroxylation sites is 1. The average molecular weight is 389 g/mol. The number of carbonyl (C=O) groups excluding carboxylic acids is 1. The number of carbonyl (C=O) groups is 1. The molecule has 0 spiro atoms. The first-order valence-electron chi connectivity index (χ1n) is 10.4. The second-order valence-corrected chi connectivity index (χ2v) is 8.42. The summed E-state index contributed by atoms with van der Waals surface area (Å²) in [6.07, 6.45) is 4.79. The van der Waals surface area contributed by atoms with Crippen LogP contribution >= 0.6 is 0 Å². The quantitative estimate of drug-likeness (QED) is 0.705. The van der Waals surface area contributed by atoms with Gasteiger partial charge in [-0.25, -0.2) is 0 Å². The van der Waals surface area contributed by atoms with Gasteiger partial charge in [-0.2, -0.15) is 0 Å². The van der Waals surface area contributed by atoms with Crippen LogP contribution in [0.5, 0.6) is 5.75 Å². The molecule has 0 bridgehead atoms. The molecule has 0 radical (unpaired) electrons. The summed E-state index contributed by atoms with van der Waals surface area (Å²) < 4.78 is 6.06. The summed E-state index contributed by atoms with van der Waals surface area (Å²) in [5.74, 6) is 0.864. The third kappa shape index (κ3) is 3.79. The molecule has 1 fully saturated rings. The molecule has 0 aromatic heterocycles. The van der Waals surface area contributed by atoms with E-state index >= 15 is 0 Å². The van der Waals surface area contributed by atoms with E-state index in [1.54, 1.807) is 0 Å². The van der Waals surface area contributed by atoms with Gasteiger partial charge in [-0.05, 0) is 55.9 Å². The van der Waals surface area contributed by atoms with Gasteiger partial charge in [-0.15, -0.1) is 0 Å². The number of benzene rings is 2. The molecule has 2 aromatic carbocycles. The highest BCUT2D eigenvalue weighted by Crippen LogP contribution is 2.50. The maximum atomic E-state index is 13.1. The summed E-state index contributed by atoms with van der Waals surface area (Å²) in [5, 5.41) is 10.7. The molecule has 0 unspecified atom stereocenters. The monoisotopic (exact) mass is 388 g/mol. The van der Waals surface area contributed by atoms with Gasteiger partial charge in [0.25, 0.3) is 0 Å². The number of rotatable bonds is 4. The normalized spacial score (nSPS) is 25.8. The van der Waals surface area contributed by atoms with Gasteiger partial charge >= 0.3 is 0 Å². The third-order valence-corrected chi connectivity index (χ3v) is 6.46. The molecule has 1 N–H and O–H groups in total. The lowest BCUT2D eigenvalue weighted by atomic mass is 9.61. The molecule has 29 heavy (non-hydrogen) atoms. The molecule has 0 aliphatic heterocycles. The minimum atomic E-state index is -0.401. The van der Waals surface area contributed by atoms with E-state index in [1.807, 2.05) is 67.6 Å². The van der Waals surface area contributed by atoms with E-state index in [-0.39, 0.29) is 11.2 Å². The zero-order valence-corrected chi connectivity index (χ0v) is 17.2.